The molecule has 0 aromatic carbocycles. The molecule has 0 spiro atoms. The normalized spacial score (nSPS) is 12.7. The van der Waals surface area contributed by atoms with Crippen molar-refractivity contribution in [3.05, 3.63) is 85.1 Å². The van der Waals surface area contributed by atoms with E-state index in [4.69, 9.17) is 14.2 Å². The summed E-state index contributed by atoms with van der Waals surface area (Å²) in [6.45, 7) is 6.42. The molecule has 0 aromatic heterocycles. The lowest BCUT2D eigenvalue weighted by molar-refractivity contribution is -0.167. The van der Waals surface area contributed by atoms with E-state index in [0.29, 0.717) is 19.3 Å². The van der Waals surface area contributed by atoms with Gasteiger partial charge < -0.3 is 14.2 Å². The van der Waals surface area contributed by atoms with Gasteiger partial charge in [-0.3, -0.25) is 14.4 Å². The summed E-state index contributed by atoms with van der Waals surface area (Å²) in [5, 5.41) is 0. The van der Waals surface area contributed by atoms with E-state index in [0.717, 1.165) is 96.3 Å². The summed E-state index contributed by atoms with van der Waals surface area (Å²) in [6.07, 6.45) is 67.1. The monoisotopic (exact) mass is 891 g/mol. The predicted octanol–water partition coefficient (Wildman–Crippen LogP) is 17.6. The Morgan fingerprint density at radius 3 is 1.14 bits per heavy atom. The van der Waals surface area contributed by atoms with Crippen LogP contribution in [0.1, 0.15) is 245 Å². The molecule has 0 heterocycles. The van der Waals surface area contributed by atoms with Crippen molar-refractivity contribution >= 4 is 17.9 Å². The molecule has 6 heteroatoms. The van der Waals surface area contributed by atoms with E-state index in [-0.39, 0.29) is 31.1 Å². The molecular formula is C58H98O6. The summed E-state index contributed by atoms with van der Waals surface area (Å²) in [4.78, 5) is 38.0. The Labute approximate surface area is 395 Å². The van der Waals surface area contributed by atoms with Crippen LogP contribution in [-0.4, -0.2) is 37.2 Å². The second kappa shape index (κ2) is 52.2. The van der Waals surface area contributed by atoms with Crippen LogP contribution in [0.25, 0.3) is 0 Å². The molecule has 0 radical (unpaired) electrons. The predicted molar refractivity (Wildman–Crippen MR) is 274 cm³/mol. The minimum atomic E-state index is -0.800. The summed E-state index contributed by atoms with van der Waals surface area (Å²) in [5.74, 6) is -0.952. The molecule has 64 heavy (non-hydrogen) atoms. The average Bonchev–Trinajstić information content (AvgIpc) is 3.29. The van der Waals surface area contributed by atoms with Gasteiger partial charge in [0.25, 0.3) is 0 Å². The van der Waals surface area contributed by atoms with E-state index >= 15 is 0 Å². The van der Waals surface area contributed by atoms with E-state index in [1.165, 1.54) is 109 Å². The first kappa shape index (κ1) is 60.6. The van der Waals surface area contributed by atoms with Crippen LogP contribution in [0.15, 0.2) is 85.1 Å². The quantitative estimate of drug-likeness (QED) is 0.0199. The molecule has 0 fully saturated rings. The zero-order chi connectivity index (χ0) is 46.5. The maximum Gasteiger partial charge on any atom is 0.306 e. The Morgan fingerprint density at radius 1 is 0.344 bits per heavy atom. The van der Waals surface area contributed by atoms with Crippen LogP contribution >= 0.6 is 0 Å². The van der Waals surface area contributed by atoms with Crippen molar-refractivity contribution < 1.29 is 28.6 Å². The first-order valence-electron chi connectivity index (χ1n) is 26.6. The lowest BCUT2D eigenvalue weighted by Crippen LogP contribution is -2.30. The molecule has 0 aliphatic rings. The fourth-order valence-corrected chi connectivity index (χ4v) is 7.18. The van der Waals surface area contributed by atoms with E-state index in [2.05, 4.69) is 69.4 Å². The molecular weight excluding hydrogens is 793 g/mol. The highest BCUT2D eigenvalue weighted by Gasteiger charge is 2.19. The zero-order valence-corrected chi connectivity index (χ0v) is 41.8. The third-order valence-corrected chi connectivity index (χ3v) is 11.2. The topological polar surface area (TPSA) is 78.9 Å². The molecule has 0 rings (SSSR count). The highest BCUT2D eigenvalue weighted by Crippen LogP contribution is 2.14. The first-order chi connectivity index (χ1) is 31.5. The van der Waals surface area contributed by atoms with Gasteiger partial charge in [0.05, 0.1) is 0 Å². The van der Waals surface area contributed by atoms with Crippen molar-refractivity contribution in [3.63, 3.8) is 0 Å². The number of hydrogen-bond acceptors (Lipinski definition) is 6. The number of unbranched alkanes of at least 4 members (excludes halogenated alkanes) is 25. The highest BCUT2D eigenvalue weighted by molar-refractivity contribution is 5.71. The van der Waals surface area contributed by atoms with Crippen LogP contribution < -0.4 is 0 Å². The molecule has 1 atom stereocenters. The third-order valence-electron chi connectivity index (χ3n) is 11.2. The fourth-order valence-electron chi connectivity index (χ4n) is 7.18. The van der Waals surface area contributed by atoms with Crippen LogP contribution in [0.5, 0.6) is 0 Å². The third kappa shape index (κ3) is 49.6. The van der Waals surface area contributed by atoms with Gasteiger partial charge in [-0.2, -0.15) is 0 Å². The number of hydrogen-bond donors (Lipinski definition) is 0. The molecule has 366 valence electrons. The molecule has 0 amide bonds. The minimum Gasteiger partial charge on any atom is -0.462 e. The van der Waals surface area contributed by atoms with Gasteiger partial charge in [-0.1, -0.05) is 215 Å². The van der Waals surface area contributed by atoms with E-state index in [9.17, 15) is 14.4 Å². The number of rotatable bonds is 47. The maximum atomic E-state index is 12.8. The van der Waals surface area contributed by atoms with Crippen molar-refractivity contribution in [2.75, 3.05) is 13.2 Å². The Bertz CT molecular complexity index is 1250. The molecule has 0 aliphatic heterocycles. The van der Waals surface area contributed by atoms with E-state index in [1.807, 2.05) is 36.5 Å². The van der Waals surface area contributed by atoms with Gasteiger partial charge in [0.2, 0.25) is 0 Å². The SMILES string of the molecule is CC/C=C/C=C/C=C/C=C/CCCCCC(=O)OCC(COC(=O)CCCCCCCCC/C=C/C/C=C/CCCCC)OC(=O)CCCCCCC/C=C/CCCCCCCCC. The minimum absolute atomic E-state index is 0.0972. The second-order valence-corrected chi connectivity index (χ2v) is 17.5. The maximum absolute atomic E-state index is 12.8. The summed E-state index contributed by atoms with van der Waals surface area (Å²) < 4.78 is 16.8. The summed E-state index contributed by atoms with van der Waals surface area (Å²) in [7, 11) is 0. The number of allylic oxidation sites excluding steroid dienone is 14. The molecule has 1 unspecified atom stereocenters. The van der Waals surface area contributed by atoms with Crippen molar-refractivity contribution in [2.24, 2.45) is 0 Å². The Balaban J connectivity index is 4.45. The van der Waals surface area contributed by atoms with Crippen molar-refractivity contribution in [3.8, 4) is 0 Å². The molecule has 0 bridgehead atoms. The Morgan fingerprint density at radius 2 is 0.672 bits per heavy atom. The summed E-state index contributed by atoms with van der Waals surface area (Å²) in [5.41, 5.74) is 0. The van der Waals surface area contributed by atoms with Crippen LogP contribution in [-0.2, 0) is 28.6 Å². The average molecular weight is 891 g/mol. The van der Waals surface area contributed by atoms with E-state index in [1.54, 1.807) is 0 Å². The number of carbonyl (C=O) groups is 3. The molecule has 0 aliphatic carbocycles. The summed E-state index contributed by atoms with van der Waals surface area (Å²) >= 11 is 0. The zero-order valence-electron chi connectivity index (χ0n) is 41.8. The van der Waals surface area contributed by atoms with Gasteiger partial charge in [0.15, 0.2) is 6.10 Å². The van der Waals surface area contributed by atoms with Gasteiger partial charge in [0, 0.05) is 19.3 Å². The molecule has 0 N–H and O–H groups in total. The number of esters is 3. The van der Waals surface area contributed by atoms with Crippen LogP contribution in [0.4, 0.5) is 0 Å². The lowest BCUT2D eigenvalue weighted by atomic mass is 10.1. The molecule has 6 nitrogen and oxygen atoms in total. The largest absolute Gasteiger partial charge is 0.462 e. The second-order valence-electron chi connectivity index (χ2n) is 17.5. The number of carbonyl (C=O) groups excluding carboxylic acids is 3. The molecule has 0 aromatic rings. The van der Waals surface area contributed by atoms with Crippen molar-refractivity contribution in [1.29, 1.82) is 0 Å². The van der Waals surface area contributed by atoms with Gasteiger partial charge in [-0.25, -0.2) is 0 Å². The van der Waals surface area contributed by atoms with Crippen molar-refractivity contribution in [1.82, 2.24) is 0 Å². The lowest BCUT2D eigenvalue weighted by Gasteiger charge is -2.18. The Hall–Kier alpha value is -3.41. The van der Waals surface area contributed by atoms with Crippen molar-refractivity contribution in [2.45, 2.75) is 252 Å². The van der Waals surface area contributed by atoms with Gasteiger partial charge in [0.1, 0.15) is 13.2 Å². The molecule has 0 saturated heterocycles. The highest BCUT2D eigenvalue weighted by atomic mass is 16.6. The fraction of sp³-hybridized carbons (Fsp3) is 0.707. The summed E-state index contributed by atoms with van der Waals surface area (Å²) in [6, 6.07) is 0. The first-order valence-corrected chi connectivity index (χ1v) is 26.6. The molecule has 0 saturated carbocycles. The smallest absolute Gasteiger partial charge is 0.306 e. The van der Waals surface area contributed by atoms with Crippen LogP contribution in [0, 0.1) is 0 Å². The van der Waals surface area contributed by atoms with Crippen LogP contribution in [0.2, 0.25) is 0 Å². The van der Waals surface area contributed by atoms with Crippen LogP contribution in [0.3, 0.4) is 0 Å². The standard InChI is InChI=1S/C58H98O6/c1-4-7-10-13-16-19-22-25-27-29-31-33-36-39-42-45-48-51-57(60)63-54-55(53-62-56(59)50-47-44-41-38-35-32-24-21-18-15-12-9-6-3)64-58(61)52-49-46-43-40-37-34-30-28-26-23-20-17-14-11-8-5-2/h9,12,15-16,18-19,21,24-25,27-28,30,32,35,55H,4-8,10-11,13-14,17,20,22-23,26,29,31,33-34,36-54H2,1-3H3/b12-9+,18-15+,19-16+,24-21+,27-25+,30-28+,35-32+. The van der Waals surface area contributed by atoms with E-state index < -0.39 is 6.10 Å². The van der Waals surface area contributed by atoms with Gasteiger partial charge in [-0.05, 0) is 96.3 Å². The number of ether oxygens (including phenoxy) is 3. The Kier molecular flexibility index (Phi) is 49.4. The van der Waals surface area contributed by atoms with Gasteiger partial charge >= 0.3 is 17.9 Å². The van der Waals surface area contributed by atoms with Gasteiger partial charge in [-0.15, -0.1) is 0 Å².